The van der Waals surface area contributed by atoms with Gasteiger partial charge in [-0.1, -0.05) is 23.7 Å². The Balaban J connectivity index is 1.90. The molecule has 6 heteroatoms. The number of aromatic nitrogens is 1. The highest BCUT2D eigenvalue weighted by Gasteiger charge is 2.05. The summed E-state index contributed by atoms with van der Waals surface area (Å²) in [6, 6.07) is 8.72. The monoisotopic (exact) mass is 279 g/mol. The van der Waals surface area contributed by atoms with E-state index in [0.717, 1.165) is 0 Å². The van der Waals surface area contributed by atoms with Crippen molar-refractivity contribution in [2.24, 2.45) is 0 Å². The summed E-state index contributed by atoms with van der Waals surface area (Å²) >= 11 is 5.79. The van der Waals surface area contributed by atoms with E-state index in [0.29, 0.717) is 10.7 Å². The fraction of sp³-hybridized carbons (Fsp3) is 0.0769. The number of nitrogens with zero attached hydrogens (tertiary/aromatic N) is 1. The largest absolute Gasteiger partial charge is 0.332 e. The van der Waals surface area contributed by atoms with Crippen LogP contribution in [0.5, 0.6) is 0 Å². The number of anilines is 1. The molecule has 0 spiro atoms. The fourth-order valence-corrected chi connectivity index (χ4v) is 1.63. The summed E-state index contributed by atoms with van der Waals surface area (Å²) in [7, 11) is 0. The molecule has 98 valence electrons. The van der Waals surface area contributed by atoms with Crippen LogP contribution < -0.4 is 10.6 Å². The van der Waals surface area contributed by atoms with E-state index < -0.39 is 11.8 Å². The van der Waals surface area contributed by atoms with Gasteiger partial charge < -0.3 is 10.6 Å². The van der Waals surface area contributed by atoms with Crippen LogP contribution in [-0.2, 0) is 6.54 Å². The highest BCUT2D eigenvalue weighted by molar-refractivity contribution is 6.30. The standard InChI is InChI=1S/C13H11ClFN3O/c14-9-5-6-16-10(7-9)8-17-13(19)18-12-4-2-1-3-11(12)15/h1-7H,8H2,(H2,17,18,19). The fourth-order valence-electron chi connectivity index (χ4n) is 1.45. The maximum Gasteiger partial charge on any atom is 0.319 e. The Labute approximate surface area is 114 Å². The topological polar surface area (TPSA) is 54.0 Å². The Hall–Kier alpha value is -2.14. The Bertz CT molecular complexity index is 592. The number of hydrogen-bond donors (Lipinski definition) is 2. The van der Waals surface area contributed by atoms with Crippen LogP contribution in [0.15, 0.2) is 42.6 Å². The second-order valence-corrected chi connectivity index (χ2v) is 4.19. The van der Waals surface area contributed by atoms with Gasteiger partial charge in [0.05, 0.1) is 17.9 Å². The first-order valence-corrected chi connectivity index (χ1v) is 5.93. The van der Waals surface area contributed by atoms with E-state index >= 15 is 0 Å². The van der Waals surface area contributed by atoms with Crippen molar-refractivity contribution in [2.45, 2.75) is 6.54 Å². The lowest BCUT2D eigenvalue weighted by Crippen LogP contribution is -2.28. The van der Waals surface area contributed by atoms with Gasteiger partial charge in [-0.15, -0.1) is 0 Å². The molecule has 0 atom stereocenters. The quantitative estimate of drug-likeness (QED) is 0.906. The molecule has 0 bridgehead atoms. The molecule has 2 aromatic rings. The molecule has 0 fully saturated rings. The van der Waals surface area contributed by atoms with Crippen LogP contribution in [0.2, 0.25) is 5.02 Å². The van der Waals surface area contributed by atoms with Crippen LogP contribution in [0.25, 0.3) is 0 Å². The minimum absolute atomic E-state index is 0.124. The molecule has 0 saturated carbocycles. The second-order valence-electron chi connectivity index (χ2n) is 3.75. The molecule has 1 aromatic heterocycles. The van der Waals surface area contributed by atoms with Crippen LogP contribution in [0.4, 0.5) is 14.9 Å². The number of urea groups is 1. The summed E-state index contributed by atoms with van der Waals surface area (Å²) in [5.41, 5.74) is 0.746. The van der Waals surface area contributed by atoms with Gasteiger partial charge in [-0.3, -0.25) is 4.98 Å². The van der Waals surface area contributed by atoms with E-state index in [2.05, 4.69) is 15.6 Å². The van der Waals surface area contributed by atoms with Crippen LogP contribution in [0, 0.1) is 5.82 Å². The SMILES string of the molecule is O=C(NCc1cc(Cl)ccn1)Nc1ccccc1F. The van der Waals surface area contributed by atoms with Crippen LogP contribution in [0.1, 0.15) is 5.69 Å². The van der Waals surface area contributed by atoms with Crippen LogP contribution >= 0.6 is 11.6 Å². The highest BCUT2D eigenvalue weighted by atomic mass is 35.5. The van der Waals surface area contributed by atoms with Crippen molar-refractivity contribution in [3.8, 4) is 0 Å². The summed E-state index contributed by atoms with van der Waals surface area (Å²) in [5, 5.41) is 5.52. The van der Waals surface area contributed by atoms with Gasteiger partial charge in [0.2, 0.25) is 0 Å². The lowest BCUT2D eigenvalue weighted by atomic mass is 10.3. The number of carbonyl (C=O) groups is 1. The molecule has 0 aliphatic heterocycles. The summed E-state index contributed by atoms with van der Waals surface area (Å²) in [6.07, 6.45) is 1.55. The van der Waals surface area contributed by atoms with Crippen molar-refractivity contribution in [2.75, 3.05) is 5.32 Å². The van der Waals surface area contributed by atoms with Crippen LogP contribution in [-0.4, -0.2) is 11.0 Å². The average molecular weight is 280 g/mol. The maximum absolute atomic E-state index is 13.3. The Morgan fingerprint density at radius 2 is 2.11 bits per heavy atom. The number of carbonyl (C=O) groups excluding carboxylic acids is 1. The number of rotatable bonds is 3. The second kappa shape index (κ2) is 6.15. The first-order chi connectivity index (χ1) is 9.15. The molecule has 0 aliphatic rings. The molecule has 0 unspecified atom stereocenters. The molecule has 1 heterocycles. The van der Waals surface area contributed by atoms with Crippen molar-refractivity contribution in [1.29, 1.82) is 0 Å². The number of halogens is 2. The summed E-state index contributed by atoms with van der Waals surface area (Å²) in [4.78, 5) is 15.6. The summed E-state index contributed by atoms with van der Waals surface area (Å²) < 4.78 is 13.3. The normalized spacial score (nSPS) is 10.0. The third-order valence-corrected chi connectivity index (χ3v) is 2.57. The number of amides is 2. The van der Waals surface area contributed by atoms with E-state index in [1.54, 1.807) is 30.5 Å². The Kier molecular flexibility index (Phi) is 4.30. The van der Waals surface area contributed by atoms with Crippen molar-refractivity contribution < 1.29 is 9.18 Å². The van der Waals surface area contributed by atoms with Crippen molar-refractivity contribution in [3.05, 3.63) is 59.1 Å². The minimum atomic E-state index is -0.508. The maximum atomic E-state index is 13.3. The number of nitrogens with one attached hydrogen (secondary N) is 2. The van der Waals surface area contributed by atoms with Gasteiger partial charge in [-0.2, -0.15) is 0 Å². The van der Waals surface area contributed by atoms with Gasteiger partial charge in [0.1, 0.15) is 5.82 Å². The van der Waals surface area contributed by atoms with Gasteiger partial charge in [-0.25, -0.2) is 9.18 Å². The molecule has 2 N–H and O–H groups in total. The Morgan fingerprint density at radius 1 is 1.32 bits per heavy atom. The van der Waals surface area contributed by atoms with Crippen LogP contribution in [0.3, 0.4) is 0 Å². The van der Waals surface area contributed by atoms with Crippen molar-refractivity contribution >= 4 is 23.3 Å². The summed E-state index contributed by atoms with van der Waals surface area (Å²) in [6.45, 7) is 0.209. The molecule has 0 aliphatic carbocycles. The lowest BCUT2D eigenvalue weighted by molar-refractivity contribution is 0.251. The van der Waals surface area contributed by atoms with Gasteiger partial charge in [0.25, 0.3) is 0 Å². The Morgan fingerprint density at radius 3 is 2.84 bits per heavy atom. The van der Waals surface area contributed by atoms with Crippen molar-refractivity contribution in [3.63, 3.8) is 0 Å². The molecular weight excluding hydrogens is 269 g/mol. The average Bonchev–Trinajstić information content (AvgIpc) is 2.39. The molecule has 19 heavy (non-hydrogen) atoms. The predicted molar refractivity (Wildman–Crippen MR) is 71.5 cm³/mol. The van der Waals surface area contributed by atoms with E-state index in [9.17, 15) is 9.18 Å². The van der Waals surface area contributed by atoms with E-state index in [-0.39, 0.29) is 12.2 Å². The first-order valence-electron chi connectivity index (χ1n) is 5.55. The van der Waals surface area contributed by atoms with Gasteiger partial charge in [0.15, 0.2) is 0 Å². The molecule has 1 aromatic carbocycles. The predicted octanol–water partition coefficient (Wildman–Crippen LogP) is 3.20. The third kappa shape index (κ3) is 3.93. The zero-order valence-electron chi connectivity index (χ0n) is 9.86. The molecule has 0 saturated heterocycles. The number of pyridine rings is 1. The lowest BCUT2D eigenvalue weighted by Gasteiger charge is -2.08. The zero-order valence-corrected chi connectivity index (χ0v) is 10.6. The number of para-hydroxylation sites is 1. The minimum Gasteiger partial charge on any atom is -0.332 e. The van der Waals surface area contributed by atoms with E-state index in [1.807, 2.05) is 0 Å². The number of hydrogen-bond acceptors (Lipinski definition) is 2. The molecular formula is C13H11ClFN3O. The molecule has 2 amide bonds. The van der Waals surface area contributed by atoms with E-state index in [4.69, 9.17) is 11.6 Å². The molecule has 0 radical (unpaired) electrons. The molecule has 4 nitrogen and oxygen atoms in total. The smallest absolute Gasteiger partial charge is 0.319 e. The number of benzene rings is 1. The van der Waals surface area contributed by atoms with Crippen molar-refractivity contribution in [1.82, 2.24) is 10.3 Å². The van der Waals surface area contributed by atoms with Gasteiger partial charge >= 0.3 is 6.03 Å². The summed E-state index contributed by atoms with van der Waals surface area (Å²) in [5.74, 6) is -0.487. The zero-order chi connectivity index (χ0) is 13.7. The highest BCUT2D eigenvalue weighted by Crippen LogP contribution is 2.12. The van der Waals surface area contributed by atoms with E-state index in [1.165, 1.54) is 12.1 Å². The van der Waals surface area contributed by atoms with Gasteiger partial charge in [0, 0.05) is 11.2 Å². The third-order valence-electron chi connectivity index (χ3n) is 2.33. The molecule has 2 rings (SSSR count). The van der Waals surface area contributed by atoms with Gasteiger partial charge in [-0.05, 0) is 24.3 Å². The first kappa shape index (κ1) is 13.3.